The summed E-state index contributed by atoms with van der Waals surface area (Å²) in [6.45, 7) is 4.20. The van der Waals surface area contributed by atoms with Gasteiger partial charge in [-0.15, -0.1) is 11.8 Å². The Kier molecular flexibility index (Phi) is 10.2. The molecule has 46 heavy (non-hydrogen) atoms. The monoisotopic (exact) mass is 653 g/mol. The number of halogens is 1. The Bertz CT molecular complexity index is 1810. The molecule has 1 atom stereocenters. The van der Waals surface area contributed by atoms with Gasteiger partial charge < -0.3 is 15.4 Å². The fourth-order valence-electron chi connectivity index (χ4n) is 4.86. The number of nitrogens with zero attached hydrogens (tertiary/aromatic N) is 1. The van der Waals surface area contributed by atoms with Crippen LogP contribution in [0.3, 0.4) is 0 Å². The molecule has 8 nitrogen and oxygen atoms in total. The predicted octanol–water partition coefficient (Wildman–Crippen LogP) is 7.31. The molecular weight excluding hydrogens is 622 g/mol. The second kappa shape index (κ2) is 14.5. The van der Waals surface area contributed by atoms with Gasteiger partial charge in [-0.25, -0.2) is 4.90 Å². The van der Waals surface area contributed by atoms with Gasteiger partial charge in [-0.2, -0.15) is 0 Å². The van der Waals surface area contributed by atoms with E-state index in [-0.39, 0.29) is 23.9 Å². The van der Waals surface area contributed by atoms with Crippen molar-refractivity contribution >= 4 is 64.4 Å². The maximum atomic E-state index is 13.6. The number of carbonyl (C=O) groups excluding carboxylic acids is 4. The fraction of sp³-hybridized carbons (Fsp3) is 0.167. The summed E-state index contributed by atoms with van der Waals surface area (Å²) in [7, 11) is 1.49. The molecule has 1 saturated heterocycles. The van der Waals surface area contributed by atoms with Crippen LogP contribution in [0.15, 0.2) is 108 Å². The van der Waals surface area contributed by atoms with Crippen LogP contribution in [-0.4, -0.2) is 36.0 Å². The minimum absolute atomic E-state index is 0.0116. The highest BCUT2D eigenvalue weighted by atomic mass is 35.5. The Hall–Kier alpha value is -4.86. The fourth-order valence-corrected chi connectivity index (χ4v) is 6.22. The number of hydrogen-bond donors (Lipinski definition) is 2. The Morgan fingerprint density at radius 1 is 0.957 bits per heavy atom. The highest BCUT2D eigenvalue weighted by Gasteiger charge is 2.40. The molecule has 1 heterocycles. The van der Waals surface area contributed by atoms with Crippen molar-refractivity contribution in [2.45, 2.75) is 36.3 Å². The summed E-state index contributed by atoms with van der Waals surface area (Å²) in [5.41, 5.74) is 3.22. The number of hydrogen-bond acceptors (Lipinski definition) is 6. The second-order valence-corrected chi connectivity index (χ2v) is 12.6. The SMILES string of the molecule is COc1ccc(N2C(=O)CC(Sc3cccc(NC(=O)C(=Cc4ccc(C(C)C)cc4)NC(=O)c4ccccc4)c3)C2=O)cc1Cl. The molecular formula is C36H32ClN3O5S. The summed E-state index contributed by atoms with van der Waals surface area (Å²) in [6.07, 6.45) is 1.64. The van der Waals surface area contributed by atoms with Crippen molar-refractivity contribution in [1.82, 2.24) is 5.32 Å². The second-order valence-electron chi connectivity index (χ2n) is 10.9. The maximum Gasteiger partial charge on any atom is 0.272 e. The summed E-state index contributed by atoms with van der Waals surface area (Å²) in [4.78, 5) is 54.5. The molecule has 1 unspecified atom stereocenters. The lowest BCUT2D eigenvalue weighted by atomic mass is 10.0. The topological polar surface area (TPSA) is 105 Å². The summed E-state index contributed by atoms with van der Waals surface area (Å²) >= 11 is 7.46. The summed E-state index contributed by atoms with van der Waals surface area (Å²) in [6, 6.07) is 28.2. The van der Waals surface area contributed by atoms with Gasteiger partial charge in [-0.05, 0) is 71.7 Å². The van der Waals surface area contributed by atoms with Crippen LogP contribution in [0, 0.1) is 0 Å². The summed E-state index contributed by atoms with van der Waals surface area (Å²) < 4.78 is 5.17. The van der Waals surface area contributed by atoms with E-state index in [0.29, 0.717) is 38.5 Å². The number of anilines is 2. The van der Waals surface area contributed by atoms with E-state index >= 15 is 0 Å². The zero-order valence-corrected chi connectivity index (χ0v) is 27.0. The first-order valence-electron chi connectivity index (χ1n) is 14.6. The van der Waals surface area contributed by atoms with Crippen molar-refractivity contribution < 1.29 is 23.9 Å². The zero-order valence-electron chi connectivity index (χ0n) is 25.5. The van der Waals surface area contributed by atoms with Crippen molar-refractivity contribution in [3.05, 3.63) is 124 Å². The van der Waals surface area contributed by atoms with E-state index in [2.05, 4.69) is 24.5 Å². The molecule has 0 bridgehead atoms. The molecule has 2 N–H and O–H groups in total. The smallest absolute Gasteiger partial charge is 0.272 e. The molecule has 5 rings (SSSR count). The molecule has 1 aliphatic heterocycles. The van der Waals surface area contributed by atoms with Crippen LogP contribution in [0.4, 0.5) is 11.4 Å². The molecule has 10 heteroatoms. The van der Waals surface area contributed by atoms with E-state index in [9.17, 15) is 19.2 Å². The van der Waals surface area contributed by atoms with Gasteiger partial charge in [-0.1, -0.05) is 74.0 Å². The molecule has 1 aliphatic rings. The van der Waals surface area contributed by atoms with Crippen molar-refractivity contribution in [2.75, 3.05) is 17.3 Å². The van der Waals surface area contributed by atoms with E-state index < -0.39 is 17.1 Å². The minimum Gasteiger partial charge on any atom is -0.495 e. The molecule has 4 amide bonds. The van der Waals surface area contributed by atoms with Gasteiger partial charge in [0.05, 0.1) is 23.1 Å². The molecule has 0 spiro atoms. The minimum atomic E-state index is -0.659. The van der Waals surface area contributed by atoms with E-state index in [1.165, 1.54) is 24.9 Å². The average molecular weight is 654 g/mol. The number of rotatable bonds is 10. The van der Waals surface area contributed by atoms with Crippen LogP contribution in [0.1, 0.15) is 47.7 Å². The quantitative estimate of drug-likeness (QED) is 0.137. The van der Waals surface area contributed by atoms with E-state index in [0.717, 1.165) is 16.0 Å². The van der Waals surface area contributed by atoms with Gasteiger partial charge in [0.15, 0.2) is 0 Å². The summed E-state index contributed by atoms with van der Waals surface area (Å²) in [5, 5.41) is 5.25. The van der Waals surface area contributed by atoms with E-state index in [4.69, 9.17) is 16.3 Å². The lowest BCUT2D eigenvalue weighted by molar-refractivity contribution is -0.121. The van der Waals surface area contributed by atoms with Crippen LogP contribution in [-0.2, 0) is 14.4 Å². The van der Waals surface area contributed by atoms with Crippen LogP contribution < -0.4 is 20.3 Å². The van der Waals surface area contributed by atoms with Crippen LogP contribution >= 0.6 is 23.4 Å². The molecule has 0 aliphatic carbocycles. The highest BCUT2D eigenvalue weighted by molar-refractivity contribution is 8.00. The van der Waals surface area contributed by atoms with Gasteiger partial charge in [0.1, 0.15) is 11.4 Å². The normalized spacial score (nSPS) is 14.8. The van der Waals surface area contributed by atoms with E-state index in [1.54, 1.807) is 66.7 Å². The number of methoxy groups -OCH3 is 1. The van der Waals surface area contributed by atoms with Crippen molar-refractivity contribution in [3.63, 3.8) is 0 Å². The number of carbonyl (C=O) groups is 4. The average Bonchev–Trinajstić information content (AvgIpc) is 3.33. The highest BCUT2D eigenvalue weighted by Crippen LogP contribution is 2.37. The zero-order chi connectivity index (χ0) is 32.8. The molecule has 4 aromatic rings. The lowest BCUT2D eigenvalue weighted by Crippen LogP contribution is -2.31. The number of thioether (sulfide) groups is 1. The number of nitrogens with one attached hydrogen (secondary N) is 2. The number of amides is 4. The van der Waals surface area contributed by atoms with E-state index in [1.807, 2.05) is 30.3 Å². The Labute approximate surface area is 276 Å². The third-order valence-corrected chi connectivity index (χ3v) is 8.79. The van der Waals surface area contributed by atoms with Crippen LogP contribution in [0.25, 0.3) is 6.08 Å². The van der Waals surface area contributed by atoms with Gasteiger partial charge in [0, 0.05) is 22.6 Å². The maximum absolute atomic E-state index is 13.6. The largest absolute Gasteiger partial charge is 0.495 e. The third-order valence-electron chi connectivity index (χ3n) is 7.31. The first-order valence-corrected chi connectivity index (χ1v) is 15.8. The lowest BCUT2D eigenvalue weighted by Gasteiger charge is -2.16. The molecule has 4 aromatic carbocycles. The first-order chi connectivity index (χ1) is 22.1. The third kappa shape index (κ3) is 7.67. The van der Waals surface area contributed by atoms with Crippen LogP contribution in [0.2, 0.25) is 5.02 Å². The number of ether oxygens (including phenoxy) is 1. The van der Waals surface area contributed by atoms with Gasteiger partial charge in [0.25, 0.3) is 11.8 Å². The Morgan fingerprint density at radius 3 is 2.37 bits per heavy atom. The van der Waals surface area contributed by atoms with Crippen molar-refractivity contribution in [2.24, 2.45) is 0 Å². The van der Waals surface area contributed by atoms with Gasteiger partial charge in [0.2, 0.25) is 11.8 Å². The molecule has 234 valence electrons. The van der Waals surface area contributed by atoms with Crippen LogP contribution in [0.5, 0.6) is 5.75 Å². The van der Waals surface area contributed by atoms with Crippen molar-refractivity contribution in [1.29, 1.82) is 0 Å². The van der Waals surface area contributed by atoms with Gasteiger partial charge >= 0.3 is 0 Å². The molecule has 1 fully saturated rings. The van der Waals surface area contributed by atoms with Crippen molar-refractivity contribution in [3.8, 4) is 5.75 Å². The standard InChI is InChI=1S/C36H32ClN3O5S/c1-22(2)24-14-12-23(13-15-24)18-30(39-34(42)25-8-5-4-6-9-25)35(43)38-26-10-7-11-28(19-26)46-32-21-33(41)40(36(32)44)27-16-17-31(45-3)29(37)20-27/h4-20,22,32H,21H2,1-3H3,(H,38,43)(H,39,42). The Balaban J connectivity index is 1.33. The predicted molar refractivity (Wildman–Crippen MR) is 182 cm³/mol. The summed E-state index contributed by atoms with van der Waals surface area (Å²) in [5.74, 6) is -0.839. The first kappa shape index (κ1) is 32.5. The molecule has 0 aromatic heterocycles. The Morgan fingerprint density at radius 2 is 1.70 bits per heavy atom. The number of benzene rings is 4. The molecule has 0 radical (unpaired) electrons. The van der Waals surface area contributed by atoms with Gasteiger partial charge in [-0.3, -0.25) is 19.2 Å². The molecule has 0 saturated carbocycles. The number of imide groups is 1.